The fraction of sp³-hybridized carbons (Fsp3) is 0.167. The van der Waals surface area contributed by atoms with Crippen LogP contribution >= 0.6 is 46.1 Å². The lowest BCUT2D eigenvalue weighted by atomic mass is 10.1. The third-order valence-corrected chi connectivity index (χ3v) is 8.13. The number of aromatic nitrogens is 1. The van der Waals surface area contributed by atoms with E-state index in [1.54, 1.807) is 35.6 Å². The highest BCUT2D eigenvalue weighted by atomic mass is 35.5. The second kappa shape index (κ2) is 11.8. The van der Waals surface area contributed by atoms with E-state index in [0.717, 1.165) is 27.3 Å². The fourth-order valence-corrected chi connectivity index (χ4v) is 5.79. The van der Waals surface area contributed by atoms with Crippen molar-refractivity contribution in [2.45, 2.75) is 27.0 Å². The summed E-state index contributed by atoms with van der Waals surface area (Å²) < 4.78 is 13.1. The Labute approximate surface area is 241 Å². The molecule has 5 aromatic rings. The molecule has 0 unspecified atom stereocenters. The summed E-state index contributed by atoms with van der Waals surface area (Å²) in [6.45, 7) is 5.24. The highest BCUT2D eigenvalue weighted by Crippen LogP contribution is 2.36. The molecule has 5 rings (SSSR count). The molecule has 8 heteroatoms. The molecule has 0 fully saturated rings. The number of thiazole rings is 1. The molecule has 0 aliphatic rings. The highest BCUT2D eigenvalue weighted by molar-refractivity contribution is 7.21. The Morgan fingerprint density at radius 3 is 2.32 bits per heavy atom. The van der Waals surface area contributed by atoms with Gasteiger partial charge in [0.1, 0.15) is 11.6 Å². The Kier molecular flexibility index (Phi) is 8.29. The van der Waals surface area contributed by atoms with Gasteiger partial charge in [0.25, 0.3) is 0 Å². The molecular weight excluding hydrogens is 559 g/mol. The maximum Gasteiger partial charge on any atom is 0.163 e. The minimum Gasteiger partial charge on any atom is -0.490 e. The Morgan fingerprint density at radius 2 is 1.58 bits per heavy atom. The van der Waals surface area contributed by atoms with Gasteiger partial charge in [-0.1, -0.05) is 46.9 Å². The van der Waals surface area contributed by atoms with Crippen molar-refractivity contribution >= 4 is 62.0 Å². The lowest BCUT2D eigenvalue weighted by Gasteiger charge is -2.16. The summed E-state index contributed by atoms with van der Waals surface area (Å²) in [4.78, 5) is 4.78. The summed E-state index contributed by atoms with van der Waals surface area (Å²) in [5, 5.41) is 6.12. The first-order chi connectivity index (χ1) is 18.4. The predicted octanol–water partition coefficient (Wildman–Crippen LogP) is 9.82. The van der Waals surface area contributed by atoms with E-state index in [0.29, 0.717) is 45.3 Å². The van der Waals surface area contributed by atoms with E-state index in [2.05, 4.69) is 54.7 Å². The van der Waals surface area contributed by atoms with Crippen molar-refractivity contribution in [3.8, 4) is 22.1 Å². The third-order valence-electron chi connectivity index (χ3n) is 6.01. The first-order valence-corrected chi connectivity index (χ1v) is 14.1. The van der Waals surface area contributed by atoms with E-state index in [-0.39, 0.29) is 6.61 Å². The zero-order valence-corrected chi connectivity index (χ0v) is 23.9. The highest BCUT2D eigenvalue weighted by Gasteiger charge is 2.14. The SMILES string of the molecule is CCOc1cc(CNc2ccc(-c3nc4ccc(C)cc4s3)cc2)c(Cl)cc1OCc1c(Cl)cccc1Cl. The second-order valence-corrected chi connectivity index (χ2v) is 11.0. The van der Waals surface area contributed by atoms with Crippen LogP contribution in [0.3, 0.4) is 0 Å². The molecule has 1 heterocycles. The number of nitrogens with zero attached hydrogens (tertiary/aromatic N) is 1. The van der Waals surface area contributed by atoms with Crippen LogP contribution in [0.25, 0.3) is 20.8 Å². The number of hydrogen-bond donors (Lipinski definition) is 1. The predicted molar refractivity (Wildman–Crippen MR) is 161 cm³/mol. The number of ether oxygens (including phenoxy) is 2. The van der Waals surface area contributed by atoms with Gasteiger partial charge in [-0.2, -0.15) is 0 Å². The van der Waals surface area contributed by atoms with Crippen molar-refractivity contribution < 1.29 is 9.47 Å². The van der Waals surface area contributed by atoms with Crippen molar-refractivity contribution in [1.29, 1.82) is 0 Å². The summed E-state index contributed by atoms with van der Waals surface area (Å²) >= 11 is 20.9. The zero-order valence-electron chi connectivity index (χ0n) is 20.9. The monoisotopic (exact) mass is 582 g/mol. The van der Waals surface area contributed by atoms with E-state index < -0.39 is 0 Å². The number of rotatable bonds is 9. The number of aryl methyl sites for hydroxylation is 1. The van der Waals surface area contributed by atoms with Gasteiger partial charge in [-0.15, -0.1) is 11.3 Å². The molecule has 0 spiro atoms. The topological polar surface area (TPSA) is 43.4 Å². The van der Waals surface area contributed by atoms with Crippen LogP contribution in [0.15, 0.2) is 72.8 Å². The number of hydrogen-bond acceptors (Lipinski definition) is 5. The fourth-order valence-electron chi connectivity index (χ4n) is 4.00. The second-order valence-electron chi connectivity index (χ2n) is 8.73. The van der Waals surface area contributed by atoms with E-state index in [9.17, 15) is 0 Å². The van der Waals surface area contributed by atoms with Crippen molar-refractivity contribution in [1.82, 2.24) is 4.98 Å². The van der Waals surface area contributed by atoms with Gasteiger partial charge in [0.15, 0.2) is 11.5 Å². The van der Waals surface area contributed by atoms with Gasteiger partial charge >= 0.3 is 0 Å². The maximum atomic E-state index is 6.63. The number of halogens is 3. The number of anilines is 1. The van der Waals surface area contributed by atoms with Crippen LogP contribution in [0, 0.1) is 6.92 Å². The van der Waals surface area contributed by atoms with Crippen molar-refractivity contribution in [2.75, 3.05) is 11.9 Å². The van der Waals surface area contributed by atoms with Gasteiger partial charge in [-0.05, 0) is 79.6 Å². The standard InChI is InChI=1S/C30H25Cl3N2O2S/c1-3-36-27-14-20(25(33)15-28(27)37-17-22-23(31)5-4-6-24(22)32)16-34-21-10-8-19(9-11-21)30-35-26-12-7-18(2)13-29(26)38-30/h4-15,34H,3,16-17H2,1-2H3. The summed E-state index contributed by atoms with van der Waals surface area (Å²) in [6.07, 6.45) is 0. The minimum atomic E-state index is 0.202. The molecule has 0 bridgehead atoms. The lowest BCUT2D eigenvalue weighted by Crippen LogP contribution is -2.04. The van der Waals surface area contributed by atoms with Crippen LogP contribution in [-0.2, 0) is 13.2 Å². The van der Waals surface area contributed by atoms with Gasteiger partial charge in [0.2, 0.25) is 0 Å². The summed E-state index contributed by atoms with van der Waals surface area (Å²) in [5.74, 6) is 1.14. The molecule has 0 saturated heterocycles. The van der Waals surface area contributed by atoms with E-state index in [1.807, 2.05) is 13.0 Å². The largest absolute Gasteiger partial charge is 0.490 e. The lowest BCUT2D eigenvalue weighted by molar-refractivity contribution is 0.269. The molecule has 194 valence electrons. The minimum absolute atomic E-state index is 0.202. The van der Waals surface area contributed by atoms with E-state index >= 15 is 0 Å². The molecule has 0 atom stereocenters. The molecular formula is C30H25Cl3N2O2S. The van der Waals surface area contributed by atoms with Crippen LogP contribution in [0.5, 0.6) is 11.5 Å². The molecule has 0 aliphatic carbocycles. The van der Waals surface area contributed by atoms with Crippen LogP contribution in [0.1, 0.15) is 23.6 Å². The zero-order chi connectivity index (χ0) is 26.6. The molecule has 4 nitrogen and oxygen atoms in total. The Morgan fingerprint density at radius 1 is 0.842 bits per heavy atom. The molecule has 0 amide bonds. The maximum absolute atomic E-state index is 6.63. The number of nitrogens with one attached hydrogen (secondary N) is 1. The Bertz CT molecular complexity index is 1570. The summed E-state index contributed by atoms with van der Waals surface area (Å²) in [6, 6.07) is 23.6. The van der Waals surface area contributed by atoms with Crippen LogP contribution in [0.2, 0.25) is 15.1 Å². The average Bonchev–Trinajstić information content (AvgIpc) is 3.32. The van der Waals surface area contributed by atoms with Gasteiger partial charge in [-0.25, -0.2) is 4.98 Å². The van der Waals surface area contributed by atoms with Gasteiger partial charge < -0.3 is 14.8 Å². The quantitative estimate of drug-likeness (QED) is 0.187. The molecule has 1 aromatic heterocycles. The summed E-state index contributed by atoms with van der Waals surface area (Å²) in [7, 11) is 0. The molecule has 0 aliphatic heterocycles. The Hall–Kier alpha value is -2.96. The van der Waals surface area contributed by atoms with Gasteiger partial charge in [0.05, 0.1) is 16.8 Å². The average molecular weight is 584 g/mol. The van der Waals surface area contributed by atoms with E-state index in [4.69, 9.17) is 49.3 Å². The van der Waals surface area contributed by atoms with Crippen molar-refractivity contribution in [3.63, 3.8) is 0 Å². The normalized spacial score (nSPS) is 11.1. The van der Waals surface area contributed by atoms with Crippen molar-refractivity contribution in [3.05, 3.63) is 105 Å². The molecule has 0 radical (unpaired) electrons. The van der Waals surface area contributed by atoms with E-state index in [1.165, 1.54) is 10.3 Å². The first kappa shape index (κ1) is 26.6. The Balaban J connectivity index is 1.28. The summed E-state index contributed by atoms with van der Waals surface area (Å²) in [5.41, 5.74) is 5.94. The number of fused-ring (bicyclic) bond motifs is 1. The molecule has 0 saturated carbocycles. The van der Waals surface area contributed by atoms with Gasteiger partial charge in [0, 0.05) is 44.5 Å². The third kappa shape index (κ3) is 6.02. The van der Waals surface area contributed by atoms with Crippen molar-refractivity contribution in [2.24, 2.45) is 0 Å². The number of benzene rings is 4. The first-order valence-electron chi connectivity index (χ1n) is 12.1. The van der Waals surface area contributed by atoms with Gasteiger partial charge in [-0.3, -0.25) is 0 Å². The molecule has 38 heavy (non-hydrogen) atoms. The van der Waals surface area contributed by atoms with Crippen LogP contribution in [-0.4, -0.2) is 11.6 Å². The molecule has 1 N–H and O–H groups in total. The van der Waals surface area contributed by atoms with Crippen LogP contribution in [0.4, 0.5) is 5.69 Å². The smallest absolute Gasteiger partial charge is 0.163 e. The van der Waals surface area contributed by atoms with Crippen LogP contribution < -0.4 is 14.8 Å². The molecule has 4 aromatic carbocycles.